The standard InChI is InChI=1S/C20H20N4O5S/c1-3-29-17-7-5-4-6-16(17)20(25)23-14-8-10-15(11-9-14)30(26,27)24-18-12-19(28-2)22-13-21-18/h4-13H,3H2,1-2H3,(H,23,25)(H,21,22,24). The second-order valence-corrected chi connectivity index (χ2v) is 7.64. The van der Waals surface area contributed by atoms with Gasteiger partial charge in [0.2, 0.25) is 5.88 Å². The number of hydrogen-bond acceptors (Lipinski definition) is 7. The van der Waals surface area contributed by atoms with Gasteiger partial charge in [0.1, 0.15) is 17.9 Å². The van der Waals surface area contributed by atoms with E-state index in [1.165, 1.54) is 43.8 Å². The number of carbonyl (C=O) groups excluding carboxylic acids is 1. The summed E-state index contributed by atoms with van der Waals surface area (Å²) in [5.41, 5.74) is 0.824. The van der Waals surface area contributed by atoms with E-state index < -0.39 is 10.0 Å². The zero-order valence-corrected chi connectivity index (χ0v) is 17.1. The first kappa shape index (κ1) is 21.1. The van der Waals surface area contributed by atoms with Crippen molar-refractivity contribution in [1.29, 1.82) is 0 Å². The molecule has 2 N–H and O–H groups in total. The second-order valence-electron chi connectivity index (χ2n) is 5.96. The molecule has 0 aliphatic heterocycles. The number of hydrogen-bond donors (Lipinski definition) is 2. The molecule has 3 rings (SSSR count). The van der Waals surface area contributed by atoms with E-state index in [0.717, 1.165) is 0 Å². The fourth-order valence-electron chi connectivity index (χ4n) is 2.55. The number of benzene rings is 2. The Morgan fingerprint density at radius 2 is 1.80 bits per heavy atom. The van der Waals surface area contributed by atoms with E-state index in [0.29, 0.717) is 23.6 Å². The van der Waals surface area contributed by atoms with Crippen molar-refractivity contribution in [2.75, 3.05) is 23.8 Å². The Morgan fingerprint density at radius 1 is 1.07 bits per heavy atom. The summed E-state index contributed by atoms with van der Waals surface area (Å²) in [5, 5.41) is 2.73. The van der Waals surface area contributed by atoms with Crippen LogP contribution in [0.3, 0.4) is 0 Å². The Hall–Kier alpha value is -3.66. The van der Waals surface area contributed by atoms with Crippen LogP contribution in [0.15, 0.2) is 65.8 Å². The predicted molar refractivity (Wildman–Crippen MR) is 111 cm³/mol. The number of carbonyl (C=O) groups is 1. The molecule has 0 fully saturated rings. The second kappa shape index (κ2) is 9.23. The summed E-state index contributed by atoms with van der Waals surface area (Å²) in [6.07, 6.45) is 1.19. The highest BCUT2D eigenvalue weighted by Crippen LogP contribution is 2.22. The number of nitrogens with zero attached hydrogens (tertiary/aromatic N) is 2. The van der Waals surface area contributed by atoms with Gasteiger partial charge in [-0.15, -0.1) is 0 Å². The van der Waals surface area contributed by atoms with Gasteiger partial charge < -0.3 is 14.8 Å². The molecule has 156 valence electrons. The minimum Gasteiger partial charge on any atom is -0.493 e. The smallest absolute Gasteiger partial charge is 0.263 e. The van der Waals surface area contributed by atoms with Gasteiger partial charge in [-0.1, -0.05) is 12.1 Å². The van der Waals surface area contributed by atoms with Crippen molar-refractivity contribution in [3.8, 4) is 11.6 Å². The van der Waals surface area contributed by atoms with Gasteiger partial charge in [-0.3, -0.25) is 9.52 Å². The van der Waals surface area contributed by atoms with Gasteiger partial charge in [0.25, 0.3) is 15.9 Å². The third-order valence-electron chi connectivity index (χ3n) is 3.94. The van der Waals surface area contributed by atoms with E-state index >= 15 is 0 Å². The van der Waals surface area contributed by atoms with Crippen LogP contribution in [-0.2, 0) is 10.0 Å². The minimum atomic E-state index is -3.88. The molecular formula is C20H20N4O5S. The maximum atomic E-state index is 12.6. The lowest BCUT2D eigenvalue weighted by molar-refractivity contribution is 0.102. The van der Waals surface area contributed by atoms with Crippen molar-refractivity contribution in [3.05, 3.63) is 66.5 Å². The lowest BCUT2D eigenvalue weighted by Crippen LogP contribution is -2.15. The highest BCUT2D eigenvalue weighted by atomic mass is 32.2. The number of ether oxygens (including phenoxy) is 2. The average Bonchev–Trinajstić information content (AvgIpc) is 2.74. The molecule has 0 atom stereocenters. The van der Waals surface area contributed by atoms with E-state index in [2.05, 4.69) is 20.0 Å². The molecule has 0 unspecified atom stereocenters. The molecular weight excluding hydrogens is 408 g/mol. The van der Waals surface area contributed by atoms with E-state index in [9.17, 15) is 13.2 Å². The number of anilines is 2. The molecule has 0 saturated heterocycles. The van der Waals surface area contributed by atoms with Crippen molar-refractivity contribution in [2.45, 2.75) is 11.8 Å². The zero-order valence-electron chi connectivity index (χ0n) is 16.3. The van der Waals surface area contributed by atoms with E-state index in [-0.39, 0.29) is 22.5 Å². The molecule has 0 spiro atoms. The Kier molecular flexibility index (Phi) is 6.48. The Balaban J connectivity index is 1.73. The van der Waals surface area contributed by atoms with Crippen LogP contribution in [0, 0.1) is 0 Å². The Bertz CT molecular complexity index is 1130. The molecule has 0 aliphatic rings. The van der Waals surface area contributed by atoms with Gasteiger partial charge in [0.15, 0.2) is 0 Å². The number of aromatic nitrogens is 2. The van der Waals surface area contributed by atoms with Crippen LogP contribution in [0.2, 0.25) is 0 Å². The normalized spacial score (nSPS) is 10.9. The molecule has 30 heavy (non-hydrogen) atoms. The third-order valence-corrected chi connectivity index (χ3v) is 5.31. The topological polar surface area (TPSA) is 120 Å². The fraction of sp³-hybridized carbons (Fsp3) is 0.150. The van der Waals surface area contributed by atoms with Crippen LogP contribution < -0.4 is 19.5 Å². The molecule has 0 aliphatic carbocycles. The Labute approximate surface area is 174 Å². The number of methoxy groups -OCH3 is 1. The van der Waals surface area contributed by atoms with E-state index in [1.807, 2.05) is 6.92 Å². The number of rotatable bonds is 8. The molecule has 1 aromatic heterocycles. The molecule has 0 saturated carbocycles. The third kappa shape index (κ3) is 5.03. The summed E-state index contributed by atoms with van der Waals surface area (Å²) in [7, 11) is -2.46. The largest absolute Gasteiger partial charge is 0.493 e. The lowest BCUT2D eigenvalue weighted by atomic mass is 10.2. The molecule has 1 heterocycles. The van der Waals surface area contributed by atoms with Gasteiger partial charge in [-0.25, -0.2) is 18.4 Å². The van der Waals surface area contributed by atoms with E-state index in [1.54, 1.807) is 24.3 Å². The van der Waals surface area contributed by atoms with Gasteiger partial charge in [0, 0.05) is 11.8 Å². The van der Waals surface area contributed by atoms with Crippen LogP contribution in [0.1, 0.15) is 17.3 Å². The molecule has 0 radical (unpaired) electrons. The summed E-state index contributed by atoms with van der Waals surface area (Å²) in [5.74, 6) is 0.418. The van der Waals surface area contributed by atoms with Crippen molar-refractivity contribution < 1.29 is 22.7 Å². The average molecular weight is 428 g/mol. The molecule has 0 bridgehead atoms. The quantitative estimate of drug-likeness (QED) is 0.566. The van der Waals surface area contributed by atoms with Gasteiger partial charge in [0.05, 0.1) is 24.2 Å². The molecule has 9 nitrogen and oxygen atoms in total. The highest BCUT2D eigenvalue weighted by Gasteiger charge is 2.17. The van der Waals surface area contributed by atoms with Crippen LogP contribution in [0.25, 0.3) is 0 Å². The highest BCUT2D eigenvalue weighted by molar-refractivity contribution is 7.92. The first-order valence-electron chi connectivity index (χ1n) is 8.95. The SMILES string of the molecule is CCOc1ccccc1C(=O)Nc1ccc(S(=O)(=O)Nc2cc(OC)ncn2)cc1. The monoisotopic (exact) mass is 428 g/mol. The van der Waals surface area contributed by atoms with Gasteiger partial charge in [-0.2, -0.15) is 0 Å². The molecule has 1 amide bonds. The van der Waals surface area contributed by atoms with Crippen molar-refractivity contribution in [3.63, 3.8) is 0 Å². The predicted octanol–water partition coefficient (Wildman–Crippen LogP) is 2.94. The summed E-state index contributed by atoms with van der Waals surface area (Å²) in [6.45, 7) is 2.27. The minimum absolute atomic E-state index is 0.00722. The first-order chi connectivity index (χ1) is 14.4. The van der Waals surface area contributed by atoms with Crippen molar-refractivity contribution in [1.82, 2.24) is 9.97 Å². The summed E-state index contributed by atoms with van der Waals surface area (Å²) >= 11 is 0. The van der Waals surface area contributed by atoms with Crippen LogP contribution in [0.4, 0.5) is 11.5 Å². The van der Waals surface area contributed by atoms with Gasteiger partial charge >= 0.3 is 0 Å². The van der Waals surface area contributed by atoms with Crippen LogP contribution in [0.5, 0.6) is 11.6 Å². The zero-order chi connectivity index (χ0) is 21.6. The summed E-state index contributed by atoms with van der Waals surface area (Å²) in [6, 6.07) is 14.0. The summed E-state index contributed by atoms with van der Waals surface area (Å²) in [4.78, 5) is 20.2. The number of sulfonamides is 1. The number of nitrogens with one attached hydrogen (secondary N) is 2. The van der Waals surface area contributed by atoms with Crippen molar-refractivity contribution in [2.24, 2.45) is 0 Å². The first-order valence-corrected chi connectivity index (χ1v) is 10.4. The maximum Gasteiger partial charge on any atom is 0.263 e. The Morgan fingerprint density at radius 3 is 2.50 bits per heavy atom. The maximum absolute atomic E-state index is 12.6. The molecule has 2 aromatic carbocycles. The lowest BCUT2D eigenvalue weighted by Gasteiger charge is -2.11. The van der Waals surface area contributed by atoms with Crippen LogP contribution >= 0.6 is 0 Å². The van der Waals surface area contributed by atoms with E-state index in [4.69, 9.17) is 9.47 Å². The van der Waals surface area contributed by atoms with Crippen LogP contribution in [-0.4, -0.2) is 38.0 Å². The van der Waals surface area contributed by atoms with Crippen molar-refractivity contribution >= 4 is 27.4 Å². The summed E-state index contributed by atoms with van der Waals surface area (Å²) < 4.78 is 37.9. The molecule has 3 aromatic rings. The number of para-hydroxylation sites is 1. The molecule has 10 heteroatoms. The van der Waals surface area contributed by atoms with Gasteiger partial charge in [-0.05, 0) is 43.3 Å². The number of amides is 1. The fourth-order valence-corrected chi connectivity index (χ4v) is 3.55.